The summed E-state index contributed by atoms with van der Waals surface area (Å²) in [7, 11) is 0. The monoisotopic (exact) mass is 368 g/mol. The highest BCUT2D eigenvalue weighted by atomic mass is 79.9. The SMILES string of the molecule is NC(=S)N/N=C\c1ccc(-c2ccc([N+](=O)[O-])cc2Br)o1. The zero-order valence-electron chi connectivity index (χ0n) is 10.4. The Balaban J connectivity index is 2.23. The molecule has 7 nitrogen and oxygen atoms in total. The first kappa shape index (κ1) is 15.1. The highest BCUT2D eigenvalue weighted by molar-refractivity contribution is 9.10. The van der Waals surface area contributed by atoms with Crippen LogP contribution in [0.3, 0.4) is 0 Å². The average molecular weight is 369 g/mol. The van der Waals surface area contributed by atoms with Crippen molar-refractivity contribution in [3.63, 3.8) is 0 Å². The summed E-state index contributed by atoms with van der Waals surface area (Å²) in [5.41, 5.74) is 8.33. The van der Waals surface area contributed by atoms with Gasteiger partial charge in [-0.05, 0) is 46.3 Å². The molecular formula is C12H9BrN4O3S. The van der Waals surface area contributed by atoms with E-state index in [1.807, 2.05) is 0 Å². The average Bonchev–Trinajstić information content (AvgIpc) is 2.86. The number of halogens is 1. The number of nitrogens with two attached hydrogens (primary N) is 1. The summed E-state index contributed by atoms with van der Waals surface area (Å²) in [5, 5.41) is 14.5. The van der Waals surface area contributed by atoms with Crippen LogP contribution in [0.15, 0.2) is 44.3 Å². The Morgan fingerprint density at radius 2 is 2.24 bits per heavy atom. The molecule has 9 heteroatoms. The van der Waals surface area contributed by atoms with Crippen LogP contribution in [-0.4, -0.2) is 16.3 Å². The summed E-state index contributed by atoms with van der Waals surface area (Å²) in [6.07, 6.45) is 1.42. The molecule has 0 spiro atoms. The fraction of sp³-hybridized carbons (Fsp3) is 0. The Bertz CT molecular complexity index is 729. The molecule has 0 atom stereocenters. The van der Waals surface area contributed by atoms with Crippen LogP contribution in [-0.2, 0) is 0 Å². The molecule has 1 aromatic carbocycles. The zero-order chi connectivity index (χ0) is 15.4. The summed E-state index contributed by atoms with van der Waals surface area (Å²) in [4.78, 5) is 10.2. The number of nitrogens with zero attached hydrogens (tertiary/aromatic N) is 2. The summed E-state index contributed by atoms with van der Waals surface area (Å²) < 4.78 is 6.12. The summed E-state index contributed by atoms with van der Waals surface area (Å²) in [5.74, 6) is 1.03. The molecule has 21 heavy (non-hydrogen) atoms. The second-order valence-electron chi connectivity index (χ2n) is 3.86. The molecule has 0 amide bonds. The van der Waals surface area contributed by atoms with E-state index in [1.165, 1.54) is 18.3 Å². The topological polar surface area (TPSA) is 107 Å². The smallest absolute Gasteiger partial charge is 0.270 e. The van der Waals surface area contributed by atoms with Gasteiger partial charge < -0.3 is 10.2 Å². The Hall–Kier alpha value is -2.26. The number of nitro groups is 1. The second-order valence-corrected chi connectivity index (χ2v) is 5.15. The summed E-state index contributed by atoms with van der Waals surface area (Å²) >= 11 is 7.89. The van der Waals surface area contributed by atoms with Gasteiger partial charge in [0.25, 0.3) is 5.69 Å². The number of hydrogen-bond donors (Lipinski definition) is 2. The van der Waals surface area contributed by atoms with E-state index < -0.39 is 4.92 Å². The van der Waals surface area contributed by atoms with Crippen LogP contribution in [0.2, 0.25) is 0 Å². The van der Waals surface area contributed by atoms with Crippen LogP contribution in [0.4, 0.5) is 5.69 Å². The van der Waals surface area contributed by atoms with Crippen molar-refractivity contribution in [2.45, 2.75) is 0 Å². The minimum atomic E-state index is -0.462. The lowest BCUT2D eigenvalue weighted by Gasteiger charge is -2.00. The highest BCUT2D eigenvalue weighted by Gasteiger charge is 2.12. The summed E-state index contributed by atoms with van der Waals surface area (Å²) in [6.45, 7) is 0. The van der Waals surface area contributed by atoms with Crippen LogP contribution in [0, 0.1) is 10.1 Å². The van der Waals surface area contributed by atoms with Gasteiger partial charge in [0, 0.05) is 22.2 Å². The van der Waals surface area contributed by atoms with Crippen LogP contribution in [0.25, 0.3) is 11.3 Å². The Kier molecular flexibility index (Phi) is 4.66. The van der Waals surface area contributed by atoms with Gasteiger partial charge in [0.2, 0.25) is 0 Å². The first-order valence-corrected chi connectivity index (χ1v) is 6.80. The summed E-state index contributed by atoms with van der Waals surface area (Å²) in [6, 6.07) is 7.86. The molecule has 108 valence electrons. The lowest BCUT2D eigenvalue weighted by molar-refractivity contribution is -0.384. The number of nitrogens with one attached hydrogen (secondary N) is 1. The van der Waals surface area contributed by atoms with E-state index in [-0.39, 0.29) is 10.8 Å². The third-order valence-electron chi connectivity index (χ3n) is 2.42. The van der Waals surface area contributed by atoms with Gasteiger partial charge in [-0.1, -0.05) is 0 Å². The van der Waals surface area contributed by atoms with Crippen molar-refractivity contribution in [2.75, 3.05) is 0 Å². The molecular weight excluding hydrogens is 360 g/mol. The van der Waals surface area contributed by atoms with Gasteiger partial charge in [-0.25, -0.2) is 0 Å². The maximum atomic E-state index is 10.7. The molecule has 0 radical (unpaired) electrons. The first-order chi connectivity index (χ1) is 9.97. The van der Waals surface area contributed by atoms with E-state index in [9.17, 15) is 10.1 Å². The molecule has 2 aromatic rings. The van der Waals surface area contributed by atoms with Gasteiger partial charge in [0.15, 0.2) is 5.11 Å². The third-order valence-corrected chi connectivity index (χ3v) is 3.17. The van der Waals surface area contributed by atoms with Crippen LogP contribution in [0.1, 0.15) is 5.76 Å². The zero-order valence-corrected chi connectivity index (χ0v) is 12.8. The van der Waals surface area contributed by atoms with E-state index in [0.29, 0.717) is 21.6 Å². The van der Waals surface area contributed by atoms with Crippen molar-refractivity contribution in [3.05, 3.63) is 50.7 Å². The van der Waals surface area contributed by atoms with Gasteiger partial charge >= 0.3 is 0 Å². The number of nitro benzene ring substituents is 1. The predicted molar refractivity (Wildman–Crippen MR) is 86.0 cm³/mol. The second kappa shape index (κ2) is 6.46. The fourth-order valence-corrected chi connectivity index (χ4v) is 2.16. The molecule has 0 aliphatic rings. The van der Waals surface area contributed by atoms with Crippen molar-refractivity contribution in [3.8, 4) is 11.3 Å². The standard InChI is InChI=1S/C12H9BrN4O3S/c13-10-5-7(17(18)19)1-3-9(10)11-4-2-8(20-11)6-15-16-12(14)21/h1-6H,(H3,14,16,21)/b15-6-. The Morgan fingerprint density at radius 3 is 2.86 bits per heavy atom. The molecule has 2 rings (SSSR count). The number of benzene rings is 1. The maximum absolute atomic E-state index is 10.7. The minimum Gasteiger partial charge on any atom is -0.455 e. The Morgan fingerprint density at radius 1 is 1.48 bits per heavy atom. The van der Waals surface area contributed by atoms with Gasteiger partial charge in [-0.2, -0.15) is 5.10 Å². The number of rotatable bonds is 4. The van der Waals surface area contributed by atoms with Crippen molar-refractivity contribution < 1.29 is 9.34 Å². The minimum absolute atomic E-state index is 0.000347. The van der Waals surface area contributed by atoms with Gasteiger partial charge in [-0.15, -0.1) is 0 Å². The van der Waals surface area contributed by atoms with Crippen LogP contribution < -0.4 is 11.2 Å². The molecule has 3 N–H and O–H groups in total. The Labute approximate surface area is 133 Å². The molecule has 1 heterocycles. The first-order valence-electron chi connectivity index (χ1n) is 5.60. The molecule has 1 aromatic heterocycles. The van der Waals surface area contributed by atoms with E-state index in [1.54, 1.807) is 18.2 Å². The molecule has 0 saturated heterocycles. The number of non-ortho nitro benzene ring substituents is 1. The van der Waals surface area contributed by atoms with E-state index >= 15 is 0 Å². The normalized spacial score (nSPS) is 10.7. The van der Waals surface area contributed by atoms with Crippen molar-refractivity contribution in [1.82, 2.24) is 5.43 Å². The van der Waals surface area contributed by atoms with E-state index in [4.69, 9.17) is 10.2 Å². The number of furan rings is 1. The largest absolute Gasteiger partial charge is 0.455 e. The van der Waals surface area contributed by atoms with Crippen molar-refractivity contribution >= 4 is 45.2 Å². The van der Waals surface area contributed by atoms with E-state index in [2.05, 4.69) is 38.7 Å². The van der Waals surface area contributed by atoms with Gasteiger partial charge in [0.05, 0.1) is 11.1 Å². The highest BCUT2D eigenvalue weighted by Crippen LogP contribution is 2.32. The van der Waals surface area contributed by atoms with Crippen molar-refractivity contribution in [1.29, 1.82) is 0 Å². The lowest BCUT2D eigenvalue weighted by Crippen LogP contribution is -2.23. The van der Waals surface area contributed by atoms with Crippen LogP contribution in [0.5, 0.6) is 0 Å². The number of thiocarbonyl (C=S) groups is 1. The quantitative estimate of drug-likeness (QED) is 0.372. The van der Waals surface area contributed by atoms with Gasteiger partial charge in [0.1, 0.15) is 11.5 Å². The van der Waals surface area contributed by atoms with Gasteiger partial charge in [-0.3, -0.25) is 15.5 Å². The fourth-order valence-electron chi connectivity index (χ4n) is 1.54. The van der Waals surface area contributed by atoms with Crippen molar-refractivity contribution in [2.24, 2.45) is 10.8 Å². The molecule has 0 saturated carbocycles. The molecule has 0 aliphatic heterocycles. The van der Waals surface area contributed by atoms with Crippen LogP contribution >= 0.6 is 28.1 Å². The lowest BCUT2D eigenvalue weighted by atomic mass is 10.1. The molecule has 0 bridgehead atoms. The number of hydrazone groups is 1. The molecule has 0 aliphatic carbocycles. The van der Waals surface area contributed by atoms with E-state index in [0.717, 1.165) is 0 Å². The number of hydrogen-bond acceptors (Lipinski definition) is 5. The maximum Gasteiger partial charge on any atom is 0.270 e. The predicted octanol–water partition coefficient (Wildman–Crippen LogP) is 2.78. The third kappa shape index (κ3) is 3.86. The molecule has 0 unspecified atom stereocenters. The molecule has 0 fully saturated rings.